The zero-order valence-corrected chi connectivity index (χ0v) is 15.8. The lowest BCUT2D eigenvalue weighted by Gasteiger charge is -2.17. The predicted molar refractivity (Wildman–Crippen MR) is 101 cm³/mol. The van der Waals surface area contributed by atoms with E-state index >= 15 is 0 Å². The number of carbonyl (C=O) groups excluding carboxylic acids is 2. The van der Waals surface area contributed by atoms with Crippen molar-refractivity contribution in [3.05, 3.63) is 58.6 Å². The molecule has 0 heterocycles. The van der Waals surface area contributed by atoms with Crippen LogP contribution < -0.4 is 5.32 Å². The lowest BCUT2D eigenvalue weighted by molar-refractivity contribution is -0.142. The molecule has 0 saturated heterocycles. The molecule has 24 heavy (non-hydrogen) atoms. The molecule has 0 fully saturated rings. The highest BCUT2D eigenvalue weighted by Crippen LogP contribution is 2.27. The van der Waals surface area contributed by atoms with Crippen LogP contribution in [0.2, 0.25) is 0 Å². The summed E-state index contributed by atoms with van der Waals surface area (Å²) >= 11 is 4.91. The maximum absolute atomic E-state index is 12.7. The Labute approximate surface area is 154 Å². The second kappa shape index (κ2) is 8.89. The van der Waals surface area contributed by atoms with Gasteiger partial charge in [0.1, 0.15) is 6.04 Å². The topological polar surface area (TPSA) is 55.4 Å². The van der Waals surface area contributed by atoms with Gasteiger partial charge in [-0.1, -0.05) is 46.3 Å². The second-order valence-corrected chi connectivity index (χ2v) is 6.89. The van der Waals surface area contributed by atoms with E-state index in [0.29, 0.717) is 11.3 Å². The van der Waals surface area contributed by atoms with Crippen LogP contribution in [0.5, 0.6) is 0 Å². The summed E-state index contributed by atoms with van der Waals surface area (Å²) in [5, 5.41) is 2.76. The van der Waals surface area contributed by atoms with Crippen LogP contribution >= 0.6 is 27.7 Å². The zero-order valence-electron chi connectivity index (χ0n) is 13.4. The van der Waals surface area contributed by atoms with Gasteiger partial charge in [-0.25, -0.2) is 4.79 Å². The van der Waals surface area contributed by atoms with E-state index in [2.05, 4.69) is 21.2 Å². The molecule has 2 rings (SSSR count). The first-order valence-corrected chi connectivity index (χ1v) is 9.48. The largest absolute Gasteiger partial charge is 0.467 e. The molecular weight excluding hydrogens is 390 g/mol. The summed E-state index contributed by atoms with van der Waals surface area (Å²) < 4.78 is 5.64. The number of thioether (sulfide) groups is 1. The number of ether oxygens (including phenoxy) is 1. The van der Waals surface area contributed by atoms with Crippen LogP contribution in [0.4, 0.5) is 0 Å². The Kier molecular flexibility index (Phi) is 6.87. The van der Waals surface area contributed by atoms with Gasteiger partial charge in [0.05, 0.1) is 7.11 Å². The summed E-state index contributed by atoms with van der Waals surface area (Å²) in [6.45, 7) is 0. The highest BCUT2D eigenvalue weighted by atomic mass is 79.9. The summed E-state index contributed by atoms with van der Waals surface area (Å²) in [6.07, 6.45) is 1.87. The fraction of sp³-hybridized carbons (Fsp3) is 0.222. The molecule has 1 atom stereocenters. The minimum atomic E-state index is -0.676. The van der Waals surface area contributed by atoms with Gasteiger partial charge in [0.15, 0.2) is 0 Å². The molecule has 0 saturated carbocycles. The van der Waals surface area contributed by atoms with Crippen LogP contribution in [-0.2, 0) is 9.53 Å². The van der Waals surface area contributed by atoms with Crippen molar-refractivity contribution in [2.24, 2.45) is 0 Å². The molecule has 1 amide bonds. The van der Waals surface area contributed by atoms with Crippen molar-refractivity contribution in [1.82, 2.24) is 5.32 Å². The first-order valence-electron chi connectivity index (χ1n) is 7.29. The molecule has 0 aliphatic carbocycles. The van der Waals surface area contributed by atoms with Gasteiger partial charge in [0.2, 0.25) is 0 Å². The Morgan fingerprint density at radius 2 is 1.92 bits per heavy atom. The molecular formula is C18H18BrNO3S. The van der Waals surface area contributed by atoms with Gasteiger partial charge >= 0.3 is 5.97 Å². The molecule has 4 nitrogen and oxygen atoms in total. The van der Waals surface area contributed by atoms with E-state index < -0.39 is 12.0 Å². The van der Waals surface area contributed by atoms with E-state index in [1.54, 1.807) is 6.07 Å². The van der Waals surface area contributed by atoms with Crippen molar-refractivity contribution in [2.75, 3.05) is 19.1 Å². The van der Waals surface area contributed by atoms with E-state index in [1.165, 1.54) is 18.9 Å². The number of hydrogen-bond acceptors (Lipinski definition) is 4. The van der Waals surface area contributed by atoms with Crippen molar-refractivity contribution in [3.63, 3.8) is 0 Å². The van der Waals surface area contributed by atoms with Gasteiger partial charge in [-0.05, 0) is 35.6 Å². The van der Waals surface area contributed by atoms with Crippen molar-refractivity contribution in [2.45, 2.75) is 6.04 Å². The van der Waals surface area contributed by atoms with Gasteiger partial charge in [0.25, 0.3) is 5.91 Å². The number of esters is 1. The van der Waals surface area contributed by atoms with E-state index in [9.17, 15) is 9.59 Å². The third-order valence-corrected chi connectivity index (χ3v) is 4.60. The molecule has 0 aromatic heterocycles. The van der Waals surface area contributed by atoms with Gasteiger partial charge < -0.3 is 10.1 Å². The van der Waals surface area contributed by atoms with Crippen LogP contribution in [0.25, 0.3) is 11.1 Å². The van der Waals surface area contributed by atoms with Crippen molar-refractivity contribution in [3.8, 4) is 11.1 Å². The summed E-state index contributed by atoms with van der Waals surface area (Å²) in [4.78, 5) is 24.5. The van der Waals surface area contributed by atoms with E-state index in [-0.39, 0.29) is 5.91 Å². The first kappa shape index (κ1) is 18.5. The third-order valence-electron chi connectivity index (χ3n) is 3.44. The Morgan fingerprint density at radius 3 is 2.54 bits per heavy atom. The van der Waals surface area contributed by atoms with E-state index in [4.69, 9.17) is 4.74 Å². The number of nitrogens with one attached hydrogen (secondary N) is 1. The number of carbonyl (C=O) groups is 2. The van der Waals surface area contributed by atoms with Crippen molar-refractivity contribution >= 4 is 39.6 Å². The SMILES string of the molecule is COC(=O)C(CSC)NC(=O)c1ccc(Br)cc1-c1ccccc1. The Hall–Kier alpha value is -1.79. The number of rotatable bonds is 6. The van der Waals surface area contributed by atoms with Gasteiger partial charge in [-0.2, -0.15) is 11.8 Å². The Bertz CT molecular complexity index is 721. The first-order chi connectivity index (χ1) is 11.6. The third kappa shape index (κ3) is 4.61. The highest BCUT2D eigenvalue weighted by Gasteiger charge is 2.23. The normalized spacial score (nSPS) is 11.6. The summed E-state index contributed by atoms with van der Waals surface area (Å²) in [5.74, 6) is -0.294. The smallest absolute Gasteiger partial charge is 0.329 e. The molecule has 1 N–H and O–H groups in total. The minimum Gasteiger partial charge on any atom is -0.467 e. The fourth-order valence-corrected chi connectivity index (χ4v) is 3.20. The Morgan fingerprint density at radius 1 is 1.21 bits per heavy atom. The number of hydrogen-bond donors (Lipinski definition) is 1. The average molecular weight is 408 g/mol. The molecule has 0 radical (unpaired) electrons. The number of halogens is 1. The standard InChI is InChI=1S/C18H18BrNO3S/c1-23-18(22)16(11-24-2)20-17(21)14-9-8-13(19)10-15(14)12-6-4-3-5-7-12/h3-10,16H,11H2,1-2H3,(H,20,21). The van der Waals surface area contributed by atoms with E-state index in [1.807, 2.05) is 48.7 Å². The number of benzene rings is 2. The molecule has 2 aromatic carbocycles. The van der Waals surface area contributed by atoms with E-state index in [0.717, 1.165) is 15.6 Å². The molecule has 2 aromatic rings. The van der Waals surface area contributed by atoms with Gasteiger partial charge in [-0.15, -0.1) is 0 Å². The van der Waals surface area contributed by atoms with Crippen molar-refractivity contribution < 1.29 is 14.3 Å². The van der Waals surface area contributed by atoms with Crippen LogP contribution in [0.3, 0.4) is 0 Å². The molecule has 6 heteroatoms. The molecule has 0 aliphatic heterocycles. The molecule has 1 unspecified atom stereocenters. The van der Waals surface area contributed by atoms with Gasteiger partial charge in [0, 0.05) is 15.8 Å². The summed E-state index contributed by atoms with van der Waals surface area (Å²) in [7, 11) is 1.32. The minimum absolute atomic E-state index is 0.300. The summed E-state index contributed by atoms with van der Waals surface area (Å²) in [5.41, 5.74) is 2.25. The maximum Gasteiger partial charge on any atom is 0.329 e. The van der Waals surface area contributed by atoms with Crippen LogP contribution in [0, 0.1) is 0 Å². The quantitative estimate of drug-likeness (QED) is 0.740. The monoisotopic (exact) mass is 407 g/mol. The fourth-order valence-electron chi connectivity index (χ4n) is 2.28. The van der Waals surface area contributed by atoms with Crippen LogP contribution in [0.1, 0.15) is 10.4 Å². The lowest BCUT2D eigenvalue weighted by atomic mass is 9.99. The lowest BCUT2D eigenvalue weighted by Crippen LogP contribution is -2.43. The van der Waals surface area contributed by atoms with Gasteiger partial charge in [-0.3, -0.25) is 4.79 Å². The number of amides is 1. The van der Waals surface area contributed by atoms with Crippen LogP contribution in [0.15, 0.2) is 53.0 Å². The van der Waals surface area contributed by atoms with Crippen LogP contribution in [-0.4, -0.2) is 37.0 Å². The highest BCUT2D eigenvalue weighted by molar-refractivity contribution is 9.10. The number of methoxy groups -OCH3 is 1. The van der Waals surface area contributed by atoms with Crippen molar-refractivity contribution in [1.29, 1.82) is 0 Å². The zero-order chi connectivity index (χ0) is 17.5. The molecule has 126 valence electrons. The maximum atomic E-state index is 12.7. The Balaban J connectivity index is 2.34. The molecule has 0 bridgehead atoms. The average Bonchev–Trinajstić information content (AvgIpc) is 2.61. The molecule has 0 spiro atoms. The predicted octanol–water partition coefficient (Wildman–Crippen LogP) is 3.75. The second-order valence-electron chi connectivity index (χ2n) is 5.06. The summed E-state index contributed by atoms with van der Waals surface area (Å²) in [6, 6.07) is 14.4. The molecule has 0 aliphatic rings.